The second-order valence-corrected chi connectivity index (χ2v) is 9.28. The average Bonchev–Trinajstić information content (AvgIpc) is 3.33. The van der Waals surface area contributed by atoms with Crippen molar-refractivity contribution < 1.29 is 9.53 Å². The highest BCUT2D eigenvalue weighted by atomic mass is 32.1. The quantitative estimate of drug-likeness (QED) is 0.537. The third-order valence-electron chi connectivity index (χ3n) is 5.10. The molecular weight excluding hydrogens is 388 g/mol. The third kappa shape index (κ3) is 3.93. The first kappa shape index (κ1) is 19.0. The molecule has 0 bridgehead atoms. The van der Waals surface area contributed by atoms with E-state index in [1.165, 1.54) is 15.3 Å². The number of amides is 1. The average molecular weight is 413 g/mol. The van der Waals surface area contributed by atoms with Gasteiger partial charge in [0.1, 0.15) is 10.8 Å². The highest BCUT2D eigenvalue weighted by Gasteiger charge is 2.28. The van der Waals surface area contributed by atoms with Crippen molar-refractivity contribution in [2.75, 3.05) is 17.7 Å². The van der Waals surface area contributed by atoms with Crippen LogP contribution in [0.3, 0.4) is 0 Å². The molecule has 1 aliphatic carbocycles. The second-order valence-electron chi connectivity index (χ2n) is 7.14. The molecule has 0 aliphatic heterocycles. The van der Waals surface area contributed by atoms with Crippen molar-refractivity contribution in [3.8, 4) is 5.75 Å². The highest BCUT2D eigenvalue weighted by Crippen LogP contribution is 2.40. The number of benzene rings is 1. The smallest absolute Gasteiger partial charge is 0.259 e. The van der Waals surface area contributed by atoms with Crippen molar-refractivity contribution in [2.24, 2.45) is 5.92 Å². The minimum Gasteiger partial charge on any atom is -0.495 e. The Labute approximate surface area is 173 Å². The molecule has 4 nitrogen and oxygen atoms in total. The van der Waals surface area contributed by atoms with Crippen LogP contribution in [0, 0.1) is 5.92 Å². The van der Waals surface area contributed by atoms with Gasteiger partial charge in [-0.2, -0.15) is 0 Å². The number of hydrogen-bond donors (Lipinski definition) is 2. The zero-order valence-corrected chi connectivity index (χ0v) is 17.7. The molecule has 2 heterocycles. The van der Waals surface area contributed by atoms with E-state index in [2.05, 4.69) is 35.1 Å². The summed E-state index contributed by atoms with van der Waals surface area (Å²) in [6.45, 7) is 3.03. The Kier molecular flexibility index (Phi) is 5.69. The normalized spacial score (nSPS) is 15.7. The molecule has 1 atom stereocenters. The van der Waals surface area contributed by atoms with Crippen LogP contribution < -0.4 is 15.4 Å². The third-order valence-corrected chi connectivity index (χ3v) is 7.19. The van der Waals surface area contributed by atoms with Gasteiger partial charge in [-0.25, -0.2) is 0 Å². The summed E-state index contributed by atoms with van der Waals surface area (Å²) in [4.78, 5) is 15.9. The number of carbonyl (C=O) groups is 1. The van der Waals surface area contributed by atoms with Gasteiger partial charge < -0.3 is 15.4 Å². The number of nitrogens with one attached hydrogen (secondary N) is 2. The van der Waals surface area contributed by atoms with E-state index in [1.807, 2.05) is 24.3 Å². The lowest BCUT2D eigenvalue weighted by molar-refractivity contribution is 0.102. The Morgan fingerprint density at radius 2 is 2.11 bits per heavy atom. The Morgan fingerprint density at radius 3 is 2.89 bits per heavy atom. The van der Waals surface area contributed by atoms with Crippen LogP contribution in [-0.4, -0.2) is 13.0 Å². The van der Waals surface area contributed by atoms with E-state index in [1.54, 1.807) is 29.8 Å². The number of carbonyl (C=O) groups excluding carboxylic acids is 1. The Bertz CT molecular complexity index is 963. The highest BCUT2D eigenvalue weighted by molar-refractivity contribution is 7.16. The SMILES string of the molecule is COc1ccccc1NC(=O)c1c(NCc2cccs2)sc2c1CCC(C)C2. The van der Waals surface area contributed by atoms with E-state index in [-0.39, 0.29) is 5.91 Å². The van der Waals surface area contributed by atoms with Crippen LogP contribution in [0.1, 0.15) is 39.0 Å². The monoisotopic (exact) mass is 412 g/mol. The summed E-state index contributed by atoms with van der Waals surface area (Å²) in [6, 6.07) is 11.7. The van der Waals surface area contributed by atoms with Crippen LogP contribution >= 0.6 is 22.7 Å². The van der Waals surface area contributed by atoms with Gasteiger partial charge in [0.25, 0.3) is 5.91 Å². The van der Waals surface area contributed by atoms with Crippen LogP contribution in [0.15, 0.2) is 41.8 Å². The number of methoxy groups -OCH3 is 1. The van der Waals surface area contributed by atoms with E-state index < -0.39 is 0 Å². The number of para-hydroxylation sites is 2. The van der Waals surface area contributed by atoms with Gasteiger partial charge in [0.15, 0.2) is 0 Å². The lowest BCUT2D eigenvalue weighted by atomic mass is 9.88. The van der Waals surface area contributed by atoms with E-state index in [0.717, 1.165) is 36.4 Å². The molecule has 0 saturated carbocycles. The summed E-state index contributed by atoms with van der Waals surface area (Å²) in [5, 5.41) is 9.63. The van der Waals surface area contributed by atoms with Gasteiger partial charge in [-0.05, 0) is 54.3 Å². The van der Waals surface area contributed by atoms with Crippen molar-refractivity contribution in [2.45, 2.75) is 32.7 Å². The molecule has 1 unspecified atom stereocenters. The van der Waals surface area contributed by atoms with Crippen molar-refractivity contribution >= 4 is 39.3 Å². The molecule has 6 heteroatoms. The van der Waals surface area contributed by atoms with Crippen molar-refractivity contribution in [1.29, 1.82) is 0 Å². The molecule has 2 N–H and O–H groups in total. The van der Waals surface area contributed by atoms with E-state index in [0.29, 0.717) is 17.4 Å². The first-order chi connectivity index (χ1) is 13.7. The molecule has 1 aliphatic rings. The van der Waals surface area contributed by atoms with Crippen LogP contribution in [0.25, 0.3) is 0 Å². The fourth-order valence-electron chi connectivity index (χ4n) is 3.63. The molecule has 4 rings (SSSR count). The summed E-state index contributed by atoms with van der Waals surface area (Å²) in [5.74, 6) is 1.27. The second kappa shape index (κ2) is 8.37. The molecule has 0 spiro atoms. The Morgan fingerprint density at radius 1 is 1.25 bits per heavy atom. The molecule has 28 heavy (non-hydrogen) atoms. The lowest BCUT2D eigenvalue weighted by Gasteiger charge is -2.19. The van der Waals surface area contributed by atoms with Crippen molar-refractivity contribution in [3.05, 3.63) is 62.7 Å². The maximum absolute atomic E-state index is 13.3. The van der Waals surface area contributed by atoms with E-state index in [9.17, 15) is 4.79 Å². The van der Waals surface area contributed by atoms with Gasteiger partial charge >= 0.3 is 0 Å². The summed E-state index contributed by atoms with van der Waals surface area (Å²) in [5.41, 5.74) is 2.71. The molecule has 0 fully saturated rings. The maximum Gasteiger partial charge on any atom is 0.259 e. The van der Waals surface area contributed by atoms with Crippen LogP contribution in [0.5, 0.6) is 5.75 Å². The zero-order valence-electron chi connectivity index (χ0n) is 16.1. The molecular formula is C22H24N2O2S2. The largest absolute Gasteiger partial charge is 0.495 e. The number of fused-ring (bicyclic) bond motifs is 1. The van der Waals surface area contributed by atoms with Gasteiger partial charge in [-0.15, -0.1) is 22.7 Å². The standard InChI is InChI=1S/C22H24N2O2S2/c1-14-9-10-16-19(12-14)28-22(23-13-15-6-5-11-27-15)20(16)21(25)24-17-7-3-4-8-18(17)26-2/h3-8,11,14,23H,9-10,12-13H2,1-2H3,(H,24,25). The topological polar surface area (TPSA) is 50.4 Å². The summed E-state index contributed by atoms with van der Waals surface area (Å²) < 4.78 is 5.39. The predicted octanol–water partition coefficient (Wildman–Crippen LogP) is 5.81. The minimum atomic E-state index is -0.0646. The molecule has 2 aromatic heterocycles. The summed E-state index contributed by atoms with van der Waals surface area (Å²) >= 11 is 3.46. The van der Waals surface area contributed by atoms with Crippen LogP contribution in [0.2, 0.25) is 0 Å². The van der Waals surface area contributed by atoms with Gasteiger partial charge in [-0.3, -0.25) is 4.79 Å². The number of rotatable bonds is 6. The molecule has 1 aromatic carbocycles. The van der Waals surface area contributed by atoms with Gasteiger partial charge in [0.2, 0.25) is 0 Å². The number of thiophene rings is 2. The Balaban J connectivity index is 1.64. The van der Waals surface area contributed by atoms with Crippen molar-refractivity contribution in [3.63, 3.8) is 0 Å². The van der Waals surface area contributed by atoms with E-state index >= 15 is 0 Å². The summed E-state index contributed by atoms with van der Waals surface area (Å²) in [6.07, 6.45) is 3.14. The van der Waals surface area contributed by atoms with E-state index in [4.69, 9.17) is 4.74 Å². The molecule has 146 valence electrons. The van der Waals surface area contributed by atoms with Crippen LogP contribution in [-0.2, 0) is 19.4 Å². The summed E-state index contributed by atoms with van der Waals surface area (Å²) in [7, 11) is 1.62. The van der Waals surface area contributed by atoms with Gasteiger partial charge in [0, 0.05) is 9.75 Å². The number of hydrogen-bond acceptors (Lipinski definition) is 5. The van der Waals surface area contributed by atoms with Gasteiger partial charge in [0.05, 0.1) is 24.9 Å². The maximum atomic E-state index is 13.3. The first-order valence-electron chi connectivity index (χ1n) is 9.51. The first-order valence-corrected chi connectivity index (χ1v) is 11.2. The zero-order chi connectivity index (χ0) is 19.5. The molecule has 1 amide bonds. The lowest BCUT2D eigenvalue weighted by Crippen LogP contribution is -2.18. The Hall–Kier alpha value is -2.31. The molecule has 3 aromatic rings. The number of ether oxygens (including phenoxy) is 1. The van der Waals surface area contributed by atoms with Crippen molar-refractivity contribution in [1.82, 2.24) is 0 Å². The van der Waals surface area contributed by atoms with Gasteiger partial charge in [-0.1, -0.05) is 25.1 Å². The fourth-order valence-corrected chi connectivity index (χ4v) is 5.68. The predicted molar refractivity (Wildman–Crippen MR) is 118 cm³/mol. The van der Waals surface area contributed by atoms with Crippen LogP contribution in [0.4, 0.5) is 10.7 Å². The number of anilines is 2. The molecule has 0 saturated heterocycles. The fraction of sp³-hybridized carbons (Fsp3) is 0.318. The molecule has 0 radical (unpaired) electrons. The minimum absolute atomic E-state index is 0.0646.